The molecule has 1 aromatic carbocycles. The van der Waals surface area contributed by atoms with Crippen molar-refractivity contribution >= 4 is 0 Å². The quantitative estimate of drug-likeness (QED) is 0.806. The molecule has 1 fully saturated rings. The van der Waals surface area contributed by atoms with Crippen LogP contribution in [0.25, 0.3) is 0 Å². The third-order valence-corrected chi connectivity index (χ3v) is 3.24. The molecule has 1 aromatic rings. The Morgan fingerprint density at radius 3 is 3.00 bits per heavy atom. The van der Waals surface area contributed by atoms with Crippen molar-refractivity contribution in [3.63, 3.8) is 0 Å². The zero-order chi connectivity index (χ0) is 11.4. The second-order valence-electron chi connectivity index (χ2n) is 4.25. The molecule has 3 nitrogen and oxygen atoms in total. The van der Waals surface area contributed by atoms with Gasteiger partial charge in [0.15, 0.2) is 0 Å². The Bertz CT molecular complexity index is 346. The van der Waals surface area contributed by atoms with Crippen LogP contribution < -0.4 is 15.4 Å². The molecule has 0 unspecified atom stereocenters. The van der Waals surface area contributed by atoms with Crippen molar-refractivity contribution in [2.24, 2.45) is 0 Å². The Kier molecular flexibility index (Phi) is 3.80. The van der Waals surface area contributed by atoms with Gasteiger partial charge in [0, 0.05) is 18.7 Å². The largest absolute Gasteiger partial charge is 0.496 e. The number of hydrogen-bond donors (Lipinski definition) is 2. The molecule has 3 heteroatoms. The predicted octanol–water partition coefficient (Wildman–Crippen LogP) is 1.49. The van der Waals surface area contributed by atoms with Gasteiger partial charge in [-0.05, 0) is 37.6 Å². The van der Waals surface area contributed by atoms with Crippen molar-refractivity contribution in [3.05, 3.63) is 29.3 Å². The van der Waals surface area contributed by atoms with Crippen molar-refractivity contribution in [2.75, 3.05) is 27.2 Å². The lowest BCUT2D eigenvalue weighted by molar-refractivity contribution is 0.407. The van der Waals surface area contributed by atoms with Crippen LogP contribution in [0.15, 0.2) is 18.2 Å². The molecular formula is C13H20N2O. The third kappa shape index (κ3) is 2.20. The van der Waals surface area contributed by atoms with Gasteiger partial charge in [-0.1, -0.05) is 12.1 Å². The average molecular weight is 220 g/mol. The van der Waals surface area contributed by atoms with E-state index >= 15 is 0 Å². The maximum atomic E-state index is 5.44. The van der Waals surface area contributed by atoms with E-state index in [1.165, 1.54) is 17.5 Å². The molecule has 2 N–H and O–H groups in total. The molecule has 1 atom stereocenters. The lowest BCUT2D eigenvalue weighted by atomic mass is 9.93. The highest BCUT2D eigenvalue weighted by atomic mass is 16.5. The predicted molar refractivity (Wildman–Crippen MR) is 66.0 cm³/mol. The van der Waals surface area contributed by atoms with Gasteiger partial charge in [0.1, 0.15) is 5.75 Å². The first-order valence-corrected chi connectivity index (χ1v) is 5.88. The van der Waals surface area contributed by atoms with Crippen molar-refractivity contribution in [1.29, 1.82) is 0 Å². The third-order valence-electron chi connectivity index (χ3n) is 3.24. The van der Waals surface area contributed by atoms with Crippen LogP contribution in [0.5, 0.6) is 5.75 Å². The zero-order valence-electron chi connectivity index (χ0n) is 10.0. The molecule has 0 spiro atoms. The molecule has 1 saturated heterocycles. The smallest absolute Gasteiger partial charge is 0.123 e. The Labute approximate surface area is 97.2 Å². The van der Waals surface area contributed by atoms with Gasteiger partial charge in [0.25, 0.3) is 0 Å². The standard InChI is InChI=1S/C13H20N2O/c1-14-9-12-11(10-6-7-15-8-10)4-3-5-13(12)16-2/h3-5,10,14-15H,6-9H2,1-2H3/t10-/m0/s1. The van der Waals surface area contributed by atoms with Gasteiger partial charge in [0.2, 0.25) is 0 Å². The van der Waals surface area contributed by atoms with E-state index in [1.807, 2.05) is 13.1 Å². The monoisotopic (exact) mass is 220 g/mol. The maximum absolute atomic E-state index is 5.44. The fourth-order valence-electron chi connectivity index (χ4n) is 2.44. The van der Waals surface area contributed by atoms with Crippen LogP contribution in [-0.4, -0.2) is 27.2 Å². The molecule has 1 aliphatic heterocycles. The minimum Gasteiger partial charge on any atom is -0.496 e. The van der Waals surface area contributed by atoms with Crippen LogP contribution in [0.2, 0.25) is 0 Å². The van der Waals surface area contributed by atoms with Crippen LogP contribution in [0.3, 0.4) is 0 Å². The Hall–Kier alpha value is -1.06. The molecular weight excluding hydrogens is 200 g/mol. The highest BCUT2D eigenvalue weighted by Crippen LogP contribution is 2.31. The number of nitrogens with one attached hydrogen (secondary N) is 2. The highest BCUT2D eigenvalue weighted by molar-refractivity contribution is 5.42. The lowest BCUT2D eigenvalue weighted by Crippen LogP contribution is -2.13. The molecule has 16 heavy (non-hydrogen) atoms. The van der Waals surface area contributed by atoms with E-state index in [4.69, 9.17) is 4.74 Å². The van der Waals surface area contributed by atoms with Gasteiger partial charge in [-0.15, -0.1) is 0 Å². The van der Waals surface area contributed by atoms with E-state index in [1.54, 1.807) is 7.11 Å². The topological polar surface area (TPSA) is 33.3 Å². The van der Waals surface area contributed by atoms with Crippen LogP contribution in [-0.2, 0) is 6.54 Å². The number of methoxy groups -OCH3 is 1. The van der Waals surface area contributed by atoms with E-state index < -0.39 is 0 Å². The van der Waals surface area contributed by atoms with Gasteiger partial charge < -0.3 is 15.4 Å². The first-order chi connectivity index (χ1) is 7.86. The van der Waals surface area contributed by atoms with E-state index in [0.717, 1.165) is 25.4 Å². The Morgan fingerprint density at radius 1 is 1.50 bits per heavy atom. The normalized spacial score (nSPS) is 20.0. The average Bonchev–Trinajstić information content (AvgIpc) is 2.83. The summed E-state index contributed by atoms with van der Waals surface area (Å²) in [6.45, 7) is 3.08. The minimum absolute atomic E-state index is 0.637. The fourth-order valence-corrected chi connectivity index (χ4v) is 2.44. The lowest BCUT2D eigenvalue weighted by Gasteiger charge is -2.17. The second-order valence-corrected chi connectivity index (χ2v) is 4.25. The summed E-state index contributed by atoms with van der Waals surface area (Å²) < 4.78 is 5.44. The van der Waals surface area contributed by atoms with Gasteiger partial charge in [-0.25, -0.2) is 0 Å². The van der Waals surface area contributed by atoms with Gasteiger partial charge in [0.05, 0.1) is 7.11 Å². The summed E-state index contributed by atoms with van der Waals surface area (Å²) in [5.41, 5.74) is 2.74. The molecule has 0 aliphatic carbocycles. The van der Waals surface area contributed by atoms with Crippen molar-refractivity contribution in [2.45, 2.75) is 18.9 Å². The molecule has 0 radical (unpaired) electrons. The number of hydrogen-bond acceptors (Lipinski definition) is 3. The molecule has 0 bridgehead atoms. The summed E-state index contributed by atoms with van der Waals surface area (Å²) in [5, 5.41) is 6.64. The molecule has 88 valence electrons. The summed E-state index contributed by atoms with van der Waals surface area (Å²) in [6, 6.07) is 6.36. The fraction of sp³-hybridized carbons (Fsp3) is 0.538. The molecule has 0 saturated carbocycles. The van der Waals surface area contributed by atoms with Crippen molar-refractivity contribution in [3.8, 4) is 5.75 Å². The van der Waals surface area contributed by atoms with Gasteiger partial charge in [-0.3, -0.25) is 0 Å². The Balaban J connectivity index is 2.33. The second kappa shape index (κ2) is 5.32. The number of benzene rings is 1. The summed E-state index contributed by atoms with van der Waals surface area (Å²) >= 11 is 0. The van der Waals surface area contributed by atoms with Crippen molar-refractivity contribution < 1.29 is 4.74 Å². The molecule has 0 aromatic heterocycles. The molecule has 1 heterocycles. The molecule has 0 amide bonds. The maximum Gasteiger partial charge on any atom is 0.123 e. The highest BCUT2D eigenvalue weighted by Gasteiger charge is 2.20. The van der Waals surface area contributed by atoms with Gasteiger partial charge >= 0.3 is 0 Å². The first kappa shape index (κ1) is 11.4. The first-order valence-electron chi connectivity index (χ1n) is 5.88. The van der Waals surface area contributed by atoms with Crippen molar-refractivity contribution in [1.82, 2.24) is 10.6 Å². The number of rotatable bonds is 4. The summed E-state index contributed by atoms with van der Waals surface area (Å²) in [4.78, 5) is 0. The summed E-state index contributed by atoms with van der Waals surface area (Å²) in [7, 11) is 3.72. The van der Waals surface area contributed by atoms with Crippen LogP contribution >= 0.6 is 0 Å². The summed E-state index contributed by atoms with van der Waals surface area (Å²) in [6.07, 6.45) is 1.23. The van der Waals surface area contributed by atoms with Gasteiger partial charge in [-0.2, -0.15) is 0 Å². The number of ether oxygens (including phenoxy) is 1. The van der Waals surface area contributed by atoms with E-state index in [-0.39, 0.29) is 0 Å². The van der Waals surface area contributed by atoms with Crippen LogP contribution in [0.1, 0.15) is 23.5 Å². The minimum atomic E-state index is 0.637. The van der Waals surface area contributed by atoms with E-state index in [2.05, 4.69) is 22.8 Å². The van der Waals surface area contributed by atoms with Crippen LogP contribution in [0.4, 0.5) is 0 Å². The van der Waals surface area contributed by atoms with E-state index in [0.29, 0.717) is 5.92 Å². The SMILES string of the molecule is CNCc1c(OC)cccc1[C@H]1CCNC1. The molecule has 2 rings (SSSR count). The van der Waals surface area contributed by atoms with E-state index in [9.17, 15) is 0 Å². The summed E-state index contributed by atoms with van der Waals surface area (Å²) in [5.74, 6) is 1.64. The van der Waals surface area contributed by atoms with Crippen LogP contribution in [0, 0.1) is 0 Å². The molecule has 1 aliphatic rings. The zero-order valence-corrected chi connectivity index (χ0v) is 10.0. The Morgan fingerprint density at radius 2 is 2.38 bits per heavy atom.